The van der Waals surface area contributed by atoms with Crippen molar-refractivity contribution >= 4 is 45.9 Å². The molecule has 1 aliphatic rings. The maximum absolute atomic E-state index is 11.9. The molecule has 25 heavy (non-hydrogen) atoms. The molecule has 1 unspecified atom stereocenters. The second-order valence-electron chi connectivity index (χ2n) is 5.41. The summed E-state index contributed by atoms with van der Waals surface area (Å²) < 4.78 is 0. The second-order valence-corrected chi connectivity index (χ2v) is 7.37. The van der Waals surface area contributed by atoms with Crippen molar-refractivity contribution in [2.45, 2.75) is 12.5 Å². The molecule has 7 nitrogen and oxygen atoms in total. The summed E-state index contributed by atoms with van der Waals surface area (Å²) in [5.41, 5.74) is 7.05. The van der Waals surface area contributed by atoms with Crippen LogP contribution in [0.15, 0.2) is 46.1 Å². The van der Waals surface area contributed by atoms with Gasteiger partial charge in [0.2, 0.25) is 11.0 Å². The van der Waals surface area contributed by atoms with Crippen LogP contribution < -0.4 is 11.1 Å². The van der Waals surface area contributed by atoms with Crippen molar-refractivity contribution in [2.24, 2.45) is 10.2 Å². The number of hydrogen-bond acceptors (Lipinski definition) is 8. The standard InChI is InChI=1S/C16H21N5O2S2/c1-21(10-15(22)19-14-6-8-25-16(14)23)7-9-24-11-18-20-13-4-2-12(17)3-5-13/h2-5,7,9,14H,6,8,10-11,17H2,1H3,(H,19,22)/b9-7-,20-18+. The number of benzene rings is 1. The van der Waals surface area contributed by atoms with Crippen molar-refractivity contribution in [1.82, 2.24) is 10.2 Å². The van der Waals surface area contributed by atoms with E-state index in [1.54, 1.807) is 42.4 Å². The molecule has 1 heterocycles. The Bertz CT molecular complexity index is 648. The molecule has 1 fully saturated rings. The van der Waals surface area contributed by atoms with Crippen LogP contribution in [0.25, 0.3) is 0 Å². The number of likely N-dealkylation sites (N-methyl/N-ethyl adjacent to an activating group) is 1. The van der Waals surface area contributed by atoms with Crippen molar-refractivity contribution in [3.8, 4) is 0 Å². The van der Waals surface area contributed by atoms with Crippen LogP contribution >= 0.6 is 23.5 Å². The van der Waals surface area contributed by atoms with E-state index in [4.69, 9.17) is 5.73 Å². The molecule has 0 saturated carbocycles. The van der Waals surface area contributed by atoms with Gasteiger partial charge in [0.15, 0.2) is 0 Å². The largest absolute Gasteiger partial charge is 0.399 e. The summed E-state index contributed by atoms with van der Waals surface area (Å²) in [4.78, 5) is 25.1. The monoisotopic (exact) mass is 379 g/mol. The quantitative estimate of drug-likeness (QED) is 0.409. The first-order valence-corrected chi connectivity index (χ1v) is 9.75. The molecule has 3 N–H and O–H groups in total. The minimum Gasteiger partial charge on any atom is -0.399 e. The van der Waals surface area contributed by atoms with Gasteiger partial charge in [0, 0.05) is 24.7 Å². The fourth-order valence-corrected chi connectivity index (χ4v) is 3.46. The van der Waals surface area contributed by atoms with Crippen LogP contribution in [0.2, 0.25) is 0 Å². The third kappa shape index (κ3) is 7.18. The average Bonchev–Trinajstić information content (AvgIpc) is 2.97. The first-order chi connectivity index (χ1) is 12.0. The predicted molar refractivity (Wildman–Crippen MR) is 104 cm³/mol. The van der Waals surface area contributed by atoms with Crippen LogP contribution in [0.3, 0.4) is 0 Å². The molecule has 0 spiro atoms. The zero-order valence-electron chi connectivity index (χ0n) is 13.9. The van der Waals surface area contributed by atoms with E-state index in [0.717, 1.165) is 11.4 Å². The summed E-state index contributed by atoms with van der Waals surface area (Å²) in [6.45, 7) is 0.207. The number of nitrogen functional groups attached to an aromatic ring is 1. The van der Waals surface area contributed by atoms with Gasteiger partial charge in [-0.3, -0.25) is 9.59 Å². The molecule has 2 rings (SSSR count). The highest BCUT2D eigenvalue weighted by atomic mass is 32.2. The molecular weight excluding hydrogens is 358 g/mol. The third-order valence-corrected chi connectivity index (χ3v) is 4.87. The van der Waals surface area contributed by atoms with E-state index >= 15 is 0 Å². The summed E-state index contributed by atoms with van der Waals surface area (Å²) in [5, 5.41) is 12.8. The van der Waals surface area contributed by atoms with Gasteiger partial charge < -0.3 is 16.0 Å². The SMILES string of the molecule is CN(/C=C\SC/N=N/c1ccc(N)cc1)CC(=O)NC1CCSC1=O. The van der Waals surface area contributed by atoms with Crippen LogP contribution in [-0.2, 0) is 9.59 Å². The Kier molecular flexibility index (Phi) is 7.80. The topological polar surface area (TPSA) is 100 Å². The van der Waals surface area contributed by atoms with Gasteiger partial charge in [0.1, 0.15) is 5.88 Å². The lowest BCUT2D eigenvalue weighted by Crippen LogP contribution is -2.41. The Morgan fingerprint density at radius 3 is 2.92 bits per heavy atom. The van der Waals surface area contributed by atoms with Crippen molar-refractivity contribution in [3.05, 3.63) is 35.9 Å². The highest BCUT2D eigenvalue weighted by molar-refractivity contribution is 8.14. The fourth-order valence-electron chi connectivity index (χ4n) is 2.02. The predicted octanol–water partition coefficient (Wildman–Crippen LogP) is 2.59. The maximum atomic E-state index is 11.9. The van der Waals surface area contributed by atoms with Gasteiger partial charge in [-0.1, -0.05) is 11.8 Å². The summed E-state index contributed by atoms with van der Waals surface area (Å²) in [6.07, 6.45) is 2.51. The summed E-state index contributed by atoms with van der Waals surface area (Å²) in [7, 11) is 1.80. The molecule has 1 atom stereocenters. The van der Waals surface area contributed by atoms with Gasteiger partial charge in [-0.15, -0.1) is 11.8 Å². The van der Waals surface area contributed by atoms with Crippen LogP contribution in [0.1, 0.15) is 6.42 Å². The number of carbonyl (C=O) groups is 2. The number of anilines is 1. The van der Waals surface area contributed by atoms with Crippen LogP contribution in [0, 0.1) is 0 Å². The van der Waals surface area contributed by atoms with Gasteiger partial charge in [-0.2, -0.15) is 10.2 Å². The van der Waals surface area contributed by atoms with Gasteiger partial charge in [-0.05, 0) is 36.1 Å². The molecule has 1 saturated heterocycles. The lowest BCUT2D eigenvalue weighted by molar-refractivity contribution is -0.124. The number of thioether (sulfide) groups is 2. The highest BCUT2D eigenvalue weighted by Gasteiger charge is 2.26. The third-order valence-electron chi connectivity index (χ3n) is 3.29. The molecule has 9 heteroatoms. The van der Waals surface area contributed by atoms with E-state index in [0.29, 0.717) is 18.0 Å². The van der Waals surface area contributed by atoms with Crippen molar-refractivity contribution in [3.63, 3.8) is 0 Å². The first-order valence-electron chi connectivity index (χ1n) is 7.72. The molecule has 1 amide bonds. The molecule has 134 valence electrons. The number of nitrogens with one attached hydrogen (secondary N) is 1. The van der Waals surface area contributed by atoms with E-state index in [-0.39, 0.29) is 23.6 Å². The fraction of sp³-hybridized carbons (Fsp3) is 0.375. The zero-order chi connectivity index (χ0) is 18.1. The Morgan fingerprint density at radius 1 is 1.48 bits per heavy atom. The Balaban J connectivity index is 1.62. The Morgan fingerprint density at radius 2 is 2.24 bits per heavy atom. The van der Waals surface area contributed by atoms with Crippen LogP contribution in [0.5, 0.6) is 0 Å². The van der Waals surface area contributed by atoms with Gasteiger partial charge in [-0.25, -0.2) is 0 Å². The summed E-state index contributed by atoms with van der Waals surface area (Å²) >= 11 is 2.74. The second kappa shape index (κ2) is 10.1. The zero-order valence-corrected chi connectivity index (χ0v) is 15.6. The van der Waals surface area contributed by atoms with E-state index in [1.165, 1.54) is 23.5 Å². The van der Waals surface area contributed by atoms with Crippen molar-refractivity contribution in [1.29, 1.82) is 0 Å². The number of hydrogen-bond donors (Lipinski definition) is 2. The number of azo groups is 1. The maximum Gasteiger partial charge on any atom is 0.240 e. The number of rotatable bonds is 8. The first kappa shape index (κ1) is 19.3. The molecule has 1 aromatic carbocycles. The van der Waals surface area contributed by atoms with E-state index in [2.05, 4.69) is 15.5 Å². The summed E-state index contributed by atoms with van der Waals surface area (Å²) in [6, 6.07) is 6.83. The average molecular weight is 380 g/mol. The van der Waals surface area contributed by atoms with Gasteiger partial charge >= 0.3 is 0 Å². The van der Waals surface area contributed by atoms with Crippen LogP contribution in [-0.4, -0.2) is 47.2 Å². The molecule has 1 aromatic rings. The van der Waals surface area contributed by atoms with Crippen molar-refractivity contribution < 1.29 is 9.59 Å². The van der Waals surface area contributed by atoms with E-state index < -0.39 is 0 Å². The minimum absolute atomic E-state index is 0.0496. The molecule has 0 bridgehead atoms. The highest BCUT2D eigenvalue weighted by Crippen LogP contribution is 2.19. The summed E-state index contributed by atoms with van der Waals surface area (Å²) in [5.74, 6) is 1.11. The lowest BCUT2D eigenvalue weighted by atomic mass is 10.2. The Labute approximate surface area is 155 Å². The molecule has 0 aromatic heterocycles. The molecule has 0 radical (unpaired) electrons. The minimum atomic E-state index is -0.335. The van der Waals surface area contributed by atoms with E-state index in [9.17, 15) is 9.59 Å². The number of nitrogens with zero attached hydrogens (tertiary/aromatic N) is 3. The van der Waals surface area contributed by atoms with Gasteiger partial charge in [0.25, 0.3) is 0 Å². The number of amides is 1. The Hall–Kier alpha value is -2.00. The smallest absolute Gasteiger partial charge is 0.240 e. The normalized spacial score (nSPS) is 17.5. The number of nitrogens with two attached hydrogens (primary N) is 1. The lowest BCUT2D eigenvalue weighted by Gasteiger charge is -2.15. The van der Waals surface area contributed by atoms with Crippen LogP contribution in [0.4, 0.5) is 11.4 Å². The van der Waals surface area contributed by atoms with Gasteiger partial charge in [0.05, 0.1) is 18.3 Å². The molecular formula is C16H21N5O2S2. The molecule has 0 aliphatic carbocycles. The molecule has 1 aliphatic heterocycles. The van der Waals surface area contributed by atoms with E-state index in [1.807, 2.05) is 5.41 Å². The van der Waals surface area contributed by atoms with Crippen molar-refractivity contribution in [2.75, 3.05) is 31.0 Å². The number of carbonyl (C=O) groups excluding carboxylic acids is 2.